The maximum atomic E-state index is 7.58. The summed E-state index contributed by atoms with van der Waals surface area (Å²) in [6.45, 7) is 58.7. The number of aromatic nitrogens is 2. The number of benzene rings is 4. The van der Waals surface area contributed by atoms with Crippen molar-refractivity contribution >= 4 is 0 Å². The number of pyridine rings is 2. The molecule has 0 radical (unpaired) electrons. The average molecular weight is 985 g/mol. The van der Waals surface area contributed by atoms with Gasteiger partial charge in [-0.05, 0) is 170 Å². The zero-order valence-electron chi connectivity index (χ0n) is 50.0. The van der Waals surface area contributed by atoms with E-state index in [0.29, 0.717) is 0 Å². The molecule has 0 saturated carbocycles. The summed E-state index contributed by atoms with van der Waals surface area (Å²) in [5.74, 6) is 1.78. The van der Waals surface area contributed by atoms with Gasteiger partial charge in [0.05, 0.1) is 22.8 Å². The normalized spacial score (nSPS) is 24.4. The minimum Gasteiger partial charge on any atom is -0.457 e. The predicted octanol–water partition coefficient (Wildman–Crippen LogP) is 18.7. The van der Waals surface area contributed by atoms with Gasteiger partial charge < -0.3 is 4.74 Å². The molecular formula is C71H88N2O. The van der Waals surface area contributed by atoms with E-state index in [1.54, 1.807) is 0 Å². The fraction of sp³-hybridized carbons (Fsp3) is 0.521. The van der Waals surface area contributed by atoms with E-state index in [4.69, 9.17) is 14.7 Å². The first-order chi connectivity index (χ1) is 33.7. The molecule has 6 aromatic rings. The first-order valence-electron chi connectivity index (χ1n) is 28.1. The van der Waals surface area contributed by atoms with Crippen molar-refractivity contribution < 1.29 is 4.74 Å². The highest BCUT2D eigenvalue weighted by atomic mass is 16.5. The van der Waals surface area contributed by atoms with Gasteiger partial charge in [0, 0.05) is 22.3 Å². The molecule has 0 unspecified atom stereocenters. The average Bonchev–Trinajstić information content (AvgIpc) is 3.61. The van der Waals surface area contributed by atoms with Crippen molar-refractivity contribution in [1.82, 2.24) is 9.97 Å². The Morgan fingerprint density at radius 3 is 0.851 bits per heavy atom. The minimum atomic E-state index is -0.987. The largest absolute Gasteiger partial charge is 0.457 e. The monoisotopic (exact) mass is 985 g/mol. The Labute approximate surface area is 447 Å². The van der Waals surface area contributed by atoms with Crippen LogP contribution < -0.4 is 4.74 Å². The highest BCUT2D eigenvalue weighted by molar-refractivity contribution is 5.75. The number of nitrogens with zero attached hydrogens (tertiary/aromatic N) is 2. The first kappa shape index (κ1) is 51.1. The summed E-state index contributed by atoms with van der Waals surface area (Å²) in [4.78, 5) is 12.1. The molecule has 0 spiro atoms. The predicted molar refractivity (Wildman–Crippen MR) is 311 cm³/mol. The molecule has 3 nitrogen and oxygen atoms in total. The molecule has 4 aliphatic carbocycles. The van der Waals surface area contributed by atoms with Gasteiger partial charge in [-0.1, -0.05) is 203 Å². The molecule has 0 atom stereocenters. The van der Waals surface area contributed by atoms with E-state index in [-0.39, 0.29) is 65.0 Å². The van der Waals surface area contributed by atoms with Crippen LogP contribution in [-0.2, 0) is 48.7 Å². The van der Waals surface area contributed by atoms with Crippen molar-refractivity contribution in [2.24, 2.45) is 21.7 Å². The zero-order valence-corrected chi connectivity index (χ0v) is 50.0. The third kappa shape index (κ3) is 5.56. The molecule has 5 aliphatic rings. The van der Waals surface area contributed by atoms with Crippen LogP contribution in [0.3, 0.4) is 0 Å². The smallest absolute Gasteiger partial charge is 0.132 e. The van der Waals surface area contributed by atoms with Crippen molar-refractivity contribution in [2.75, 3.05) is 0 Å². The Kier molecular flexibility index (Phi) is 9.88. The highest BCUT2D eigenvalue weighted by Gasteiger charge is 2.62. The second-order valence-electron chi connectivity index (χ2n) is 30.5. The summed E-state index contributed by atoms with van der Waals surface area (Å²) < 4.78 is 7.58. The van der Waals surface area contributed by atoms with E-state index >= 15 is 0 Å². The molecule has 11 rings (SSSR count). The zero-order chi connectivity index (χ0) is 54.3. The van der Waals surface area contributed by atoms with Gasteiger partial charge in [0.15, 0.2) is 0 Å². The van der Waals surface area contributed by atoms with Gasteiger partial charge in [-0.25, -0.2) is 0 Å². The summed E-state index contributed by atoms with van der Waals surface area (Å²) in [6, 6.07) is 37.9. The Hall–Kier alpha value is -5.02. The standard InChI is InChI=1S/C71H88N2O/c1-59(2)43-33-31-41(35-45(43)61(5,6)67(59,17)18)53-27-25-29-57(72-53)71(58-30-26-28-54(73-58)42-32-34-44-46(36-42)62(7,8)68(19,20)60(44,3)4)51-37-47-49(65(13,14)69(21,22)63(47,9)10)39-55(51)74-56-40-50-48(38-52(56)71)64(11,12)70(23,24)66(50,15)16/h25-40H,1-24H3. The van der Waals surface area contributed by atoms with E-state index in [1.807, 2.05) is 0 Å². The van der Waals surface area contributed by atoms with Gasteiger partial charge in [-0.15, -0.1) is 0 Å². The summed E-state index contributed by atoms with van der Waals surface area (Å²) in [5, 5.41) is 0. The van der Waals surface area contributed by atoms with Gasteiger partial charge in [0.2, 0.25) is 0 Å². The molecule has 0 bridgehead atoms. The molecule has 4 aromatic carbocycles. The van der Waals surface area contributed by atoms with E-state index in [0.717, 1.165) is 56.5 Å². The van der Waals surface area contributed by atoms with Crippen LogP contribution in [0.15, 0.2) is 97.1 Å². The summed E-state index contributed by atoms with van der Waals surface area (Å²) >= 11 is 0. The fourth-order valence-electron chi connectivity index (χ4n) is 15.9. The molecule has 3 heterocycles. The van der Waals surface area contributed by atoms with E-state index in [2.05, 4.69) is 263 Å². The van der Waals surface area contributed by atoms with E-state index in [1.165, 1.54) is 44.5 Å². The Morgan fingerprint density at radius 2 is 0.541 bits per heavy atom. The lowest BCUT2D eigenvalue weighted by atomic mass is 9.59. The number of hydrogen-bond acceptors (Lipinski definition) is 3. The molecule has 74 heavy (non-hydrogen) atoms. The Balaban J connectivity index is 1.26. The van der Waals surface area contributed by atoms with Gasteiger partial charge in [0.1, 0.15) is 16.9 Å². The SMILES string of the molecule is CC1(C)c2ccc(-c3cccc(C4(c5cccc(-c6ccc7c(c6)C(C)(C)C(C)(C)C7(C)C)n5)c5cc6c(cc5Oc5cc7c(cc54)C(C)(C)C(C)(C)C7(C)C)C(C)(C)C(C)(C)C6(C)C)n3)cc2C(C)(C)C1(C)C. The highest BCUT2D eigenvalue weighted by Crippen LogP contribution is 2.69. The van der Waals surface area contributed by atoms with Gasteiger partial charge >= 0.3 is 0 Å². The van der Waals surface area contributed by atoms with Gasteiger partial charge in [-0.3, -0.25) is 9.97 Å². The maximum absolute atomic E-state index is 7.58. The van der Waals surface area contributed by atoms with Crippen molar-refractivity contribution in [3.63, 3.8) is 0 Å². The quantitative estimate of drug-likeness (QED) is 0.176. The van der Waals surface area contributed by atoms with E-state index in [9.17, 15) is 0 Å². The van der Waals surface area contributed by atoms with Crippen LogP contribution >= 0.6 is 0 Å². The molecule has 2 aromatic heterocycles. The molecule has 0 N–H and O–H groups in total. The molecule has 0 saturated heterocycles. The third-order valence-electron chi connectivity index (χ3n) is 26.1. The van der Waals surface area contributed by atoms with E-state index < -0.39 is 5.41 Å². The lowest BCUT2D eigenvalue weighted by Gasteiger charge is -2.44. The second-order valence-corrected chi connectivity index (χ2v) is 30.5. The van der Waals surface area contributed by atoms with Crippen LogP contribution in [-0.4, -0.2) is 9.97 Å². The first-order valence-corrected chi connectivity index (χ1v) is 28.1. The third-order valence-corrected chi connectivity index (χ3v) is 26.1. The number of rotatable bonds is 4. The second kappa shape index (κ2) is 14.3. The lowest BCUT2D eigenvalue weighted by Crippen LogP contribution is -2.42. The molecule has 0 amide bonds. The van der Waals surface area contributed by atoms with Crippen LogP contribution in [0.25, 0.3) is 22.5 Å². The molecule has 0 fully saturated rings. The Morgan fingerprint density at radius 1 is 0.270 bits per heavy atom. The Bertz CT molecular complexity index is 3200. The summed E-state index contributed by atoms with van der Waals surface area (Å²) in [7, 11) is 0. The van der Waals surface area contributed by atoms with Crippen LogP contribution in [0, 0.1) is 21.7 Å². The lowest BCUT2D eigenvalue weighted by molar-refractivity contribution is 0.125. The van der Waals surface area contributed by atoms with Crippen molar-refractivity contribution in [2.45, 2.75) is 215 Å². The number of ether oxygens (including phenoxy) is 1. The van der Waals surface area contributed by atoms with Crippen LogP contribution in [0.5, 0.6) is 11.5 Å². The summed E-state index contributed by atoms with van der Waals surface area (Å²) in [5.41, 5.74) is 17.8. The minimum absolute atomic E-state index is 0.00519. The number of fused-ring (bicyclic) bond motifs is 6. The topological polar surface area (TPSA) is 35.0 Å². The molecule has 388 valence electrons. The molecule has 1 aliphatic heterocycles. The maximum Gasteiger partial charge on any atom is 0.132 e. The van der Waals surface area contributed by atoms with Crippen molar-refractivity contribution in [1.29, 1.82) is 0 Å². The summed E-state index contributed by atoms with van der Waals surface area (Å²) in [6.07, 6.45) is 0. The van der Waals surface area contributed by atoms with Crippen molar-refractivity contribution in [3.8, 4) is 34.0 Å². The number of hydrogen-bond donors (Lipinski definition) is 0. The molecule has 3 heteroatoms. The molecular weight excluding hydrogens is 897 g/mol. The van der Waals surface area contributed by atoms with Gasteiger partial charge in [-0.2, -0.15) is 0 Å². The fourth-order valence-corrected chi connectivity index (χ4v) is 15.9. The van der Waals surface area contributed by atoms with Gasteiger partial charge in [0.25, 0.3) is 0 Å². The van der Waals surface area contributed by atoms with Crippen LogP contribution in [0.4, 0.5) is 0 Å². The van der Waals surface area contributed by atoms with Crippen LogP contribution in [0.2, 0.25) is 0 Å². The van der Waals surface area contributed by atoms with Crippen molar-refractivity contribution in [3.05, 3.63) is 164 Å². The van der Waals surface area contributed by atoms with Crippen LogP contribution in [0.1, 0.15) is 233 Å².